The van der Waals surface area contributed by atoms with Gasteiger partial charge in [0, 0.05) is 18.0 Å². The molecular weight excluding hydrogens is 442 g/mol. The van der Waals surface area contributed by atoms with E-state index in [2.05, 4.69) is 10.3 Å². The van der Waals surface area contributed by atoms with Crippen LogP contribution in [0, 0.1) is 11.3 Å². The molecule has 1 aliphatic heterocycles. The van der Waals surface area contributed by atoms with E-state index in [1.165, 1.54) is 12.3 Å². The molecule has 174 valence electrons. The number of carbonyl (C=O) groups is 2. The number of nitrogens with one attached hydrogen (secondary N) is 1. The Morgan fingerprint density at radius 3 is 2.65 bits per heavy atom. The van der Waals surface area contributed by atoms with Crippen LogP contribution >= 0.6 is 0 Å². The minimum Gasteiger partial charge on any atom is -0.497 e. The van der Waals surface area contributed by atoms with Crippen LogP contribution in [0.5, 0.6) is 5.75 Å². The van der Waals surface area contributed by atoms with E-state index in [1.54, 1.807) is 13.2 Å². The minimum absolute atomic E-state index is 0.105. The Kier molecular flexibility index (Phi) is 6.41. The zero-order valence-electron chi connectivity index (χ0n) is 18.4. The van der Waals surface area contributed by atoms with Crippen LogP contribution in [0.15, 0.2) is 54.7 Å². The molecule has 2 aromatic carbocycles. The molecule has 2 heterocycles. The lowest BCUT2D eigenvalue weighted by molar-refractivity contribution is -0.143. The number of ether oxygens (including phenoxy) is 1. The van der Waals surface area contributed by atoms with Gasteiger partial charge in [-0.05, 0) is 47.9 Å². The number of nitriles is 1. The number of benzene rings is 2. The third-order valence-corrected chi connectivity index (χ3v) is 5.84. The molecule has 1 fully saturated rings. The predicted molar refractivity (Wildman–Crippen MR) is 121 cm³/mol. The van der Waals surface area contributed by atoms with E-state index in [4.69, 9.17) is 4.74 Å². The SMILES string of the molecule is COc1ccc(-c2ccc3nccc(C(=O)NCC(=O)N4CC(F)(F)CC[C@H]4C#N)c3c2)cc1. The summed E-state index contributed by atoms with van der Waals surface area (Å²) in [4.78, 5) is 30.6. The molecule has 0 bridgehead atoms. The van der Waals surface area contributed by atoms with E-state index in [1.807, 2.05) is 42.5 Å². The summed E-state index contributed by atoms with van der Waals surface area (Å²) in [5.74, 6) is -3.59. The number of piperidine rings is 1. The number of hydrogen-bond acceptors (Lipinski definition) is 5. The zero-order chi connectivity index (χ0) is 24.3. The van der Waals surface area contributed by atoms with Gasteiger partial charge in [-0.1, -0.05) is 18.2 Å². The second kappa shape index (κ2) is 9.43. The summed E-state index contributed by atoms with van der Waals surface area (Å²) in [5.41, 5.74) is 2.67. The highest BCUT2D eigenvalue weighted by molar-refractivity contribution is 6.07. The van der Waals surface area contributed by atoms with Crippen molar-refractivity contribution >= 4 is 22.7 Å². The van der Waals surface area contributed by atoms with E-state index in [0.717, 1.165) is 21.8 Å². The molecule has 34 heavy (non-hydrogen) atoms. The lowest BCUT2D eigenvalue weighted by Crippen LogP contribution is -2.53. The van der Waals surface area contributed by atoms with Crippen LogP contribution in [0.4, 0.5) is 8.78 Å². The average Bonchev–Trinajstić information content (AvgIpc) is 2.86. The Balaban J connectivity index is 1.54. The summed E-state index contributed by atoms with van der Waals surface area (Å²) in [6, 6.07) is 15.5. The van der Waals surface area contributed by atoms with Crippen molar-refractivity contribution in [3.05, 3.63) is 60.3 Å². The lowest BCUT2D eigenvalue weighted by Gasteiger charge is -2.36. The van der Waals surface area contributed by atoms with Gasteiger partial charge in [0.25, 0.3) is 11.8 Å². The van der Waals surface area contributed by atoms with E-state index >= 15 is 0 Å². The smallest absolute Gasteiger partial charge is 0.265 e. The normalized spacial score (nSPS) is 17.1. The number of amides is 2. The first-order valence-electron chi connectivity index (χ1n) is 10.7. The second-order valence-electron chi connectivity index (χ2n) is 8.06. The summed E-state index contributed by atoms with van der Waals surface area (Å²) in [6.07, 6.45) is 0.941. The van der Waals surface area contributed by atoms with Crippen molar-refractivity contribution in [3.63, 3.8) is 0 Å². The molecule has 0 radical (unpaired) electrons. The van der Waals surface area contributed by atoms with Gasteiger partial charge in [0.1, 0.15) is 11.8 Å². The molecular formula is C25H22F2N4O3. The van der Waals surface area contributed by atoms with Gasteiger partial charge in [-0.2, -0.15) is 5.26 Å². The Hall–Kier alpha value is -4.06. The summed E-state index contributed by atoms with van der Waals surface area (Å²) in [7, 11) is 1.59. The maximum Gasteiger partial charge on any atom is 0.265 e. The van der Waals surface area contributed by atoms with E-state index < -0.39 is 43.3 Å². The standard InChI is InChI=1S/C25H22F2N4O3/c1-34-19-5-2-16(3-6-19)17-4-7-22-21(12-17)20(9-11-29-22)24(33)30-14-23(32)31-15-25(26,27)10-8-18(31)13-28/h2-7,9,11-12,18H,8,10,14-15H2,1H3,(H,30,33)/t18-/m0/s1. The fourth-order valence-corrected chi connectivity index (χ4v) is 4.00. The largest absolute Gasteiger partial charge is 0.497 e. The van der Waals surface area contributed by atoms with Gasteiger partial charge in [-0.25, -0.2) is 8.78 Å². The van der Waals surface area contributed by atoms with Crippen LogP contribution in [-0.4, -0.2) is 53.9 Å². The van der Waals surface area contributed by atoms with Crippen LogP contribution < -0.4 is 10.1 Å². The van der Waals surface area contributed by atoms with E-state index in [-0.39, 0.29) is 6.42 Å². The molecule has 1 saturated heterocycles. The van der Waals surface area contributed by atoms with Crippen LogP contribution in [0.3, 0.4) is 0 Å². The maximum atomic E-state index is 13.8. The summed E-state index contributed by atoms with van der Waals surface area (Å²) in [6.45, 7) is -1.32. The number of nitrogens with zero attached hydrogens (tertiary/aromatic N) is 3. The van der Waals surface area contributed by atoms with Crippen molar-refractivity contribution in [2.24, 2.45) is 0 Å². The minimum atomic E-state index is -3.05. The Labute approximate surface area is 195 Å². The van der Waals surface area contributed by atoms with Crippen molar-refractivity contribution in [2.45, 2.75) is 24.8 Å². The molecule has 9 heteroatoms. The Bertz CT molecular complexity index is 1270. The molecule has 4 rings (SSSR count). The van der Waals surface area contributed by atoms with Gasteiger partial charge in [0.2, 0.25) is 5.91 Å². The third-order valence-electron chi connectivity index (χ3n) is 5.84. The first-order chi connectivity index (χ1) is 16.3. The number of halogens is 2. The fourth-order valence-electron chi connectivity index (χ4n) is 4.00. The van der Waals surface area contributed by atoms with Crippen molar-refractivity contribution < 1.29 is 23.1 Å². The van der Waals surface area contributed by atoms with Crippen molar-refractivity contribution in [3.8, 4) is 22.9 Å². The molecule has 7 nitrogen and oxygen atoms in total. The molecule has 1 aromatic heterocycles. The van der Waals surface area contributed by atoms with Gasteiger partial charge in [-0.15, -0.1) is 0 Å². The molecule has 2 amide bonds. The molecule has 3 aromatic rings. The van der Waals surface area contributed by atoms with Crippen molar-refractivity contribution in [1.29, 1.82) is 5.26 Å². The van der Waals surface area contributed by atoms with Gasteiger partial charge >= 0.3 is 0 Å². The first-order valence-corrected chi connectivity index (χ1v) is 10.7. The number of carbonyl (C=O) groups excluding carboxylic acids is 2. The van der Waals surface area contributed by atoms with Crippen LogP contribution in [0.25, 0.3) is 22.0 Å². The molecule has 0 spiro atoms. The third kappa shape index (κ3) is 4.81. The predicted octanol–water partition coefficient (Wildman–Crippen LogP) is 3.79. The second-order valence-corrected chi connectivity index (χ2v) is 8.06. The highest BCUT2D eigenvalue weighted by atomic mass is 19.3. The fraction of sp³-hybridized carbons (Fsp3) is 0.280. The number of fused-ring (bicyclic) bond motifs is 1. The monoisotopic (exact) mass is 464 g/mol. The van der Waals surface area contributed by atoms with Gasteiger partial charge in [-0.3, -0.25) is 14.6 Å². The summed E-state index contributed by atoms with van der Waals surface area (Å²) < 4.78 is 32.7. The number of rotatable bonds is 5. The topological polar surface area (TPSA) is 95.3 Å². The molecule has 1 aliphatic rings. The molecule has 1 atom stereocenters. The highest BCUT2D eigenvalue weighted by Crippen LogP contribution is 2.30. The van der Waals surface area contributed by atoms with Crippen molar-refractivity contribution in [2.75, 3.05) is 20.2 Å². The lowest BCUT2D eigenvalue weighted by atomic mass is 10.00. The summed E-state index contributed by atoms with van der Waals surface area (Å²) in [5, 5.41) is 12.3. The number of methoxy groups -OCH3 is 1. The number of hydrogen-bond donors (Lipinski definition) is 1. The molecule has 0 aliphatic carbocycles. The highest BCUT2D eigenvalue weighted by Gasteiger charge is 2.42. The van der Waals surface area contributed by atoms with Gasteiger partial charge in [0.05, 0.1) is 37.3 Å². The van der Waals surface area contributed by atoms with E-state index in [0.29, 0.717) is 16.5 Å². The number of likely N-dealkylation sites (tertiary alicyclic amines) is 1. The van der Waals surface area contributed by atoms with Crippen LogP contribution in [0.1, 0.15) is 23.2 Å². The quantitative estimate of drug-likeness (QED) is 0.620. The van der Waals surface area contributed by atoms with Crippen molar-refractivity contribution in [1.82, 2.24) is 15.2 Å². The average molecular weight is 464 g/mol. The molecule has 0 saturated carbocycles. The van der Waals surface area contributed by atoms with E-state index in [9.17, 15) is 23.6 Å². The van der Waals surface area contributed by atoms with Crippen LogP contribution in [0.2, 0.25) is 0 Å². The first kappa shape index (κ1) is 23.1. The summed E-state index contributed by atoms with van der Waals surface area (Å²) >= 11 is 0. The van der Waals surface area contributed by atoms with Crippen LogP contribution in [-0.2, 0) is 4.79 Å². The maximum absolute atomic E-state index is 13.8. The number of aromatic nitrogens is 1. The van der Waals surface area contributed by atoms with Gasteiger partial charge in [0.15, 0.2) is 0 Å². The number of pyridine rings is 1. The van der Waals surface area contributed by atoms with Gasteiger partial charge < -0.3 is 15.0 Å². The zero-order valence-corrected chi connectivity index (χ0v) is 18.4. The molecule has 1 N–H and O–H groups in total. The number of alkyl halides is 2. The Morgan fingerprint density at radius 2 is 1.94 bits per heavy atom. The Morgan fingerprint density at radius 1 is 1.21 bits per heavy atom. The molecule has 0 unspecified atom stereocenters.